The lowest BCUT2D eigenvalue weighted by atomic mass is 10.2. The summed E-state index contributed by atoms with van der Waals surface area (Å²) in [6, 6.07) is 18.5. The van der Waals surface area contributed by atoms with Crippen LogP contribution in [0, 0.1) is 0 Å². The van der Waals surface area contributed by atoms with Gasteiger partial charge in [-0.15, -0.1) is 0 Å². The molecule has 0 fully saturated rings. The number of methoxy groups -OCH3 is 2. The van der Waals surface area contributed by atoms with Gasteiger partial charge in [-0.1, -0.05) is 18.2 Å². The van der Waals surface area contributed by atoms with E-state index in [9.17, 15) is 13.2 Å². The molecule has 0 spiro atoms. The normalized spacial score (nSPS) is 11.5. The van der Waals surface area contributed by atoms with E-state index in [1.165, 1.54) is 26.4 Å². The number of hydrogen-bond acceptors (Lipinski definition) is 9. The van der Waals surface area contributed by atoms with Crippen molar-refractivity contribution in [1.82, 2.24) is 14.9 Å². The van der Waals surface area contributed by atoms with Crippen molar-refractivity contribution >= 4 is 50.0 Å². The zero-order valence-electron chi connectivity index (χ0n) is 22.9. The molecule has 0 aliphatic carbocycles. The van der Waals surface area contributed by atoms with Crippen molar-refractivity contribution in [3.8, 4) is 11.5 Å². The van der Waals surface area contributed by atoms with E-state index in [1.54, 1.807) is 48.5 Å². The number of sulfonamides is 1. The van der Waals surface area contributed by atoms with Crippen molar-refractivity contribution in [2.75, 3.05) is 43.2 Å². The molecule has 210 valence electrons. The van der Waals surface area contributed by atoms with Gasteiger partial charge < -0.3 is 20.1 Å². The maximum atomic E-state index is 13.5. The number of carbonyl (C=O) groups excluding carboxylic acids is 1. The van der Waals surface area contributed by atoms with E-state index < -0.39 is 10.0 Å². The summed E-state index contributed by atoms with van der Waals surface area (Å²) in [5, 5.41) is 5.89. The van der Waals surface area contributed by atoms with Crippen LogP contribution in [-0.4, -0.2) is 63.0 Å². The minimum absolute atomic E-state index is 0.00603. The lowest BCUT2D eigenvalue weighted by Gasteiger charge is -2.20. The van der Waals surface area contributed by atoms with E-state index in [4.69, 9.17) is 9.47 Å². The second-order valence-electron chi connectivity index (χ2n) is 9.33. The molecule has 0 atom stereocenters. The lowest BCUT2D eigenvalue weighted by Crippen LogP contribution is -2.34. The first kappa shape index (κ1) is 28.6. The monoisotopic (exact) mass is 564 g/mol. The van der Waals surface area contributed by atoms with Gasteiger partial charge in [0, 0.05) is 35.6 Å². The number of carbonyl (C=O) groups is 1. The van der Waals surface area contributed by atoms with Gasteiger partial charge >= 0.3 is 0 Å². The molecule has 0 radical (unpaired) electrons. The number of likely N-dealkylation sites (N-methyl/N-ethyl adjacent to an activating group) is 1. The van der Waals surface area contributed by atoms with E-state index >= 15 is 0 Å². The topological polar surface area (TPSA) is 135 Å². The van der Waals surface area contributed by atoms with Gasteiger partial charge in [-0.25, -0.2) is 18.4 Å². The van der Waals surface area contributed by atoms with Crippen LogP contribution in [0.2, 0.25) is 0 Å². The average Bonchev–Trinajstić information content (AvgIpc) is 2.93. The quantitative estimate of drug-likeness (QED) is 0.241. The first-order valence-corrected chi connectivity index (χ1v) is 14.0. The molecule has 1 heterocycles. The summed E-state index contributed by atoms with van der Waals surface area (Å²) >= 11 is 0. The minimum atomic E-state index is -4.12. The number of nitrogens with zero attached hydrogens (tertiary/aromatic N) is 3. The van der Waals surface area contributed by atoms with Crippen LogP contribution in [0.1, 0.15) is 13.8 Å². The molecule has 3 N–H and O–H groups in total. The van der Waals surface area contributed by atoms with Crippen LogP contribution in [0.25, 0.3) is 11.0 Å². The van der Waals surface area contributed by atoms with E-state index in [-0.39, 0.29) is 35.0 Å². The highest BCUT2D eigenvalue weighted by Crippen LogP contribution is 2.31. The number of nitrogens with one attached hydrogen (secondary N) is 3. The molecule has 12 heteroatoms. The Bertz CT molecular complexity index is 1600. The van der Waals surface area contributed by atoms with Crippen LogP contribution in [-0.2, 0) is 14.8 Å². The molecule has 4 aromatic rings. The van der Waals surface area contributed by atoms with Gasteiger partial charge in [0.15, 0.2) is 11.6 Å². The molecule has 0 saturated carbocycles. The summed E-state index contributed by atoms with van der Waals surface area (Å²) in [7, 11) is 0.789. The Kier molecular flexibility index (Phi) is 8.70. The summed E-state index contributed by atoms with van der Waals surface area (Å²) in [4.78, 5) is 23.4. The highest BCUT2D eigenvalue weighted by Gasteiger charge is 2.20. The molecular formula is C28H32N6O5S. The number of ether oxygens (including phenoxy) is 2. The number of hydrogen-bond donors (Lipinski definition) is 3. The number of amides is 1. The van der Waals surface area contributed by atoms with Crippen LogP contribution in [0.3, 0.4) is 0 Å². The molecule has 0 bridgehead atoms. The molecule has 3 aromatic carbocycles. The predicted octanol–water partition coefficient (Wildman–Crippen LogP) is 4.47. The number of benzene rings is 3. The summed E-state index contributed by atoms with van der Waals surface area (Å²) < 4.78 is 40.2. The maximum absolute atomic E-state index is 13.5. The van der Waals surface area contributed by atoms with Crippen molar-refractivity contribution in [3.05, 3.63) is 66.7 Å². The first-order chi connectivity index (χ1) is 19.1. The van der Waals surface area contributed by atoms with Gasteiger partial charge in [-0.05, 0) is 51.2 Å². The average molecular weight is 565 g/mol. The minimum Gasteiger partial charge on any atom is -0.497 e. The van der Waals surface area contributed by atoms with E-state index in [2.05, 4.69) is 25.3 Å². The van der Waals surface area contributed by atoms with Gasteiger partial charge in [0.1, 0.15) is 11.5 Å². The SMILES string of the molecule is COc1cc(Nc2nc3ccccc3nc2NS(=O)(=O)c2cccc(NC(=O)CN(C)C(C)C)c2)cc(OC)c1. The third-order valence-corrected chi connectivity index (χ3v) is 7.46. The molecule has 40 heavy (non-hydrogen) atoms. The van der Waals surface area contributed by atoms with Gasteiger partial charge in [-0.3, -0.25) is 14.4 Å². The first-order valence-electron chi connectivity index (χ1n) is 12.5. The van der Waals surface area contributed by atoms with Crippen molar-refractivity contribution in [1.29, 1.82) is 0 Å². The number of para-hydroxylation sites is 2. The Morgan fingerprint density at radius 2 is 1.50 bits per heavy atom. The third-order valence-electron chi connectivity index (χ3n) is 6.12. The van der Waals surface area contributed by atoms with E-state index in [1.807, 2.05) is 31.9 Å². The van der Waals surface area contributed by atoms with Crippen LogP contribution < -0.4 is 24.8 Å². The summed E-state index contributed by atoms with van der Waals surface area (Å²) in [6.45, 7) is 4.13. The zero-order chi connectivity index (χ0) is 28.9. The molecule has 1 amide bonds. The van der Waals surface area contributed by atoms with Gasteiger partial charge in [0.05, 0.1) is 36.7 Å². The molecule has 0 aliphatic heterocycles. The fourth-order valence-electron chi connectivity index (χ4n) is 3.71. The van der Waals surface area contributed by atoms with Crippen molar-refractivity contribution in [2.45, 2.75) is 24.8 Å². The lowest BCUT2D eigenvalue weighted by molar-refractivity contribution is -0.117. The largest absolute Gasteiger partial charge is 0.497 e. The summed E-state index contributed by atoms with van der Waals surface area (Å²) in [5.41, 5.74) is 1.98. The summed E-state index contributed by atoms with van der Waals surface area (Å²) in [5.74, 6) is 0.999. The smallest absolute Gasteiger partial charge is 0.263 e. The van der Waals surface area contributed by atoms with E-state index in [0.717, 1.165) is 0 Å². The summed E-state index contributed by atoms with van der Waals surface area (Å²) in [6.07, 6.45) is 0. The van der Waals surface area contributed by atoms with Crippen LogP contribution in [0.15, 0.2) is 71.6 Å². The maximum Gasteiger partial charge on any atom is 0.263 e. The highest BCUT2D eigenvalue weighted by molar-refractivity contribution is 7.92. The van der Waals surface area contributed by atoms with Gasteiger partial charge in [-0.2, -0.15) is 0 Å². The van der Waals surface area contributed by atoms with Crippen LogP contribution >= 0.6 is 0 Å². The zero-order valence-corrected chi connectivity index (χ0v) is 23.7. The molecule has 11 nitrogen and oxygen atoms in total. The van der Waals surface area contributed by atoms with Crippen LogP contribution in [0.5, 0.6) is 11.5 Å². The Morgan fingerprint density at radius 3 is 2.10 bits per heavy atom. The van der Waals surface area contributed by atoms with Crippen molar-refractivity contribution < 1.29 is 22.7 Å². The molecule has 4 rings (SSSR count). The predicted molar refractivity (Wildman–Crippen MR) is 156 cm³/mol. The van der Waals surface area contributed by atoms with Crippen LogP contribution in [0.4, 0.5) is 23.0 Å². The van der Waals surface area contributed by atoms with Crippen molar-refractivity contribution in [3.63, 3.8) is 0 Å². The van der Waals surface area contributed by atoms with Gasteiger partial charge in [0.2, 0.25) is 5.91 Å². The molecular weight excluding hydrogens is 532 g/mol. The number of anilines is 4. The Labute approximate surface area is 233 Å². The molecule has 1 aromatic heterocycles. The molecule has 0 unspecified atom stereocenters. The van der Waals surface area contributed by atoms with Gasteiger partial charge in [0.25, 0.3) is 10.0 Å². The third kappa shape index (κ3) is 6.96. The van der Waals surface area contributed by atoms with Crippen molar-refractivity contribution in [2.24, 2.45) is 0 Å². The number of rotatable bonds is 11. The fraction of sp³-hybridized carbons (Fsp3) is 0.250. The second-order valence-corrected chi connectivity index (χ2v) is 11.0. The Morgan fingerprint density at radius 1 is 0.875 bits per heavy atom. The Balaban J connectivity index is 1.66. The highest BCUT2D eigenvalue weighted by atomic mass is 32.2. The fourth-order valence-corrected chi connectivity index (χ4v) is 4.77. The second kappa shape index (κ2) is 12.2. The standard InChI is InChI=1S/C28H32N6O5S/c1-18(2)34(3)17-26(35)29-19-9-8-10-23(15-19)40(36,37)33-28-27(31-24-11-6-7-12-25(24)32-28)30-20-13-21(38-4)16-22(14-20)39-5/h6-16,18H,17H2,1-5H3,(H,29,35)(H,30,31)(H,32,33). The number of fused-ring (bicyclic) bond motifs is 1. The Hall–Kier alpha value is -4.42. The number of aromatic nitrogens is 2. The molecule has 0 aliphatic rings. The molecule has 0 saturated heterocycles. The van der Waals surface area contributed by atoms with E-state index in [0.29, 0.717) is 33.9 Å².